The Balaban J connectivity index is 1.97. The molecule has 0 aliphatic heterocycles. The van der Waals surface area contributed by atoms with Crippen LogP contribution in [0.4, 0.5) is 13.6 Å². The van der Waals surface area contributed by atoms with Gasteiger partial charge in [-0.1, -0.05) is 29.8 Å². The fourth-order valence-electron chi connectivity index (χ4n) is 2.59. The van der Waals surface area contributed by atoms with E-state index in [0.717, 1.165) is 5.56 Å². The zero-order chi connectivity index (χ0) is 16.3. The molecule has 0 bridgehead atoms. The molecule has 1 aromatic carbocycles. The van der Waals surface area contributed by atoms with Gasteiger partial charge in [0, 0.05) is 17.6 Å². The number of benzene rings is 1. The normalized spacial score (nSPS) is 21.4. The van der Waals surface area contributed by atoms with Crippen molar-refractivity contribution in [3.05, 3.63) is 35.4 Å². The van der Waals surface area contributed by atoms with Crippen LogP contribution in [0.2, 0.25) is 0 Å². The zero-order valence-corrected chi connectivity index (χ0v) is 12.1. The standard InChI is InChI=1S/C15H18F2N2O3/c1-9-2-4-10(5-3-9)15(16,17)13(20)18-11-6-7-12(8-11)19-14(21)22/h2-5,11-12,19H,6-8H2,1H3,(H,18,20)(H,21,22)/t11-,12-/m0/s1. The summed E-state index contributed by atoms with van der Waals surface area (Å²) in [4.78, 5) is 22.4. The predicted molar refractivity (Wildman–Crippen MR) is 75.8 cm³/mol. The van der Waals surface area contributed by atoms with E-state index in [-0.39, 0.29) is 11.6 Å². The maximum atomic E-state index is 14.1. The van der Waals surface area contributed by atoms with Gasteiger partial charge >= 0.3 is 12.0 Å². The van der Waals surface area contributed by atoms with Crippen molar-refractivity contribution < 1.29 is 23.5 Å². The fraction of sp³-hybridized carbons (Fsp3) is 0.467. The lowest BCUT2D eigenvalue weighted by atomic mass is 10.1. The molecule has 0 radical (unpaired) electrons. The van der Waals surface area contributed by atoms with Crippen LogP contribution in [-0.4, -0.2) is 29.2 Å². The maximum absolute atomic E-state index is 14.1. The molecule has 1 aliphatic carbocycles. The molecule has 5 nitrogen and oxygen atoms in total. The van der Waals surface area contributed by atoms with Crippen LogP contribution in [0.3, 0.4) is 0 Å². The Bertz CT molecular complexity index is 560. The first-order valence-corrected chi connectivity index (χ1v) is 7.04. The molecule has 0 heterocycles. The van der Waals surface area contributed by atoms with Crippen molar-refractivity contribution in [2.45, 2.75) is 44.2 Å². The molecule has 2 rings (SSSR count). The molecule has 2 amide bonds. The third kappa shape index (κ3) is 3.72. The van der Waals surface area contributed by atoms with Crippen molar-refractivity contribution in [2.24, 2.45) is 0 Å². The van der Waals surface area contributed by atoms with Crippen LogP contribution in [0, 0.1) is 6.92 Å². The molecule has 22 heavy (non-hydrogen) atoms. The Morgan fingerprint density at radius 2 is 1.68 bits per heavy atom. The zero-order valence-electron chi connectivity index (χ0n) is 12.1. The van der Waals surface area contributed by atoms with Crippen LogP contribution >= 0.6 is 0 Å². The van der Waals surface area contributed by atoms with Gasteiger partial charge in [-0.3, -0.25) is 4.79 Å². The van der Waals surface area contributed by atoms with Crippen LogP contribution in [0.5, 0.6) is 0 Å². The van der Waals surface area contributed by atoms with E-state index in [1.807, 2.05) is 0 Å². The third-order valence-corrected chi connectivity index (χ3v) is 3.79. The summed E-state index contributed by atoms with van der Waals surface area (Å²) in [5, 5.41) is 13.2. The summed E-state index contributed by atoms with van der Waals surface area (Å²) in [5.41, 5.74) is 0.479. The fourth-order valence-corrected chi connectivity index (χ4v) is 2.59. The highest BCUT2D eigenvalue weighted by Crippen LogP contribution is 2.29. The van der Waals surface area contributed by atoms with Crippen LogP contribution < -0.4 is 10.6 Å². The molecule has 1 saturated carbocycles. The molecule has 0 spiro atoms. The number of carboxylic acid groups (broad SMARTS) is 1. The first-order chi connectivity index (χ1) is 10.3. The van der Waals surface area contributed by atoms with Crippen LogP contribution in [-0.2, 0) is 10.7 Å². The van der Waals surface area contributed by atoms with Gasteiger partial charge < -0.3 is 15.7 Å². The van der Waals surface area contributed by atoms with Gasteiger partial charge in [-0.05, 0) is 26.2 Å². The van der Waals surface area contributed by atoms with Gasteiger partial charge in [-0.2, -0.15) is 8.78 Å². The van der Waals surface area contributed by atoms with Gasteiger partial charge in [0.2, 0.25) is 0 Å². The smallest absolute Gasteiger partial charge is 0.404 e. The van der Waals surface area contributed by atoms with Crippen molar-refractivity contribution in [3.8, 4) is 0 Å². The first-order valence-electron chi connectivity index (χ1n) is 7.04. The number of carbonyl (C=O) groups excluding carboxylic acids is 1. The average molecular weight is 312 g/mol. The second kappa shape index (κ2) is 6.29. The highest BCUT2D eigenvalue weighted by molar-refractivity contribution is 5.85. The number of carbonyl (C=O) groups is 2. The van der Waals surface area contributed by atoms with E-state index >= 15 is 0 Å². The lowest BCUT2D eigenvalue weighted by Gasteiger charge is -2.20. The van der Waals surface area contributed by atoms with Crippen LogP contribution in [0.1, 0.15) is 30.4 Å². The monoisotopic (exact) mass is 312 g/mol. The number of halogens is 2. The molecule has 2 atom stereocenters. The van der Waals surface area contributed by atoms with E-state index in [2.05, 4.69) is 10.6 Å². The number of hydrogen-bond acceptors (Lipinski definition) is 2. The molecule has 3 N–H and O–H groups in total. The van der Waals surface area contributed by atoms with Gasteiger partial charge in [0.15, 0.2) is 0 Å². The Labute approximate surface area is 126 Å². The van der Waals surface area contributed by atoms with Crippen molar-refractivity contribution in [3.63, 3.8) is 0 Å². The molecule has 120 valence electrons. The average Bonchev–Trinajstić information content (AvgIpc) is 2.85. The Hall–Kier alpha value is -2.18. The number of nitrogens with one attached hydrogen (secondary N) is 2. The second-order valence-corrected chi connectivity index (χ2v) is 5.57. The van der Waals surface area contributed by atoms with Crippen LogP contribution in [0.25, 0.3) is 0 Å². The van der Waals surface area contributed by atoms with Crippen LogP contribution in [0.15, 0.2) is 24.3 Å². The molecular weight excluding hydrogens is 294 g/mol. The van der Waals surface area contributed by atoms with Gasteiger partial charge in [0.1, 0.15) is 0 Å². The number of aryl methyl sites for hydroxylation is 1. The number of amides is 2. The van der Waals surface area contributed by atoms with Crippen molar-refractivity contribution >= 4 is 12.0 Å². The third-order valence-electron chi connectivity index (χ3n) is 3.79. The molecule has 0 aromatic heterocycles. The minimum Gasteiger partial charge on any atom is -0.465 e. The Kier molecular flexibility index (Phi) is 4.63. The summed E-state index contributed by atoms with van der Waals surface area (Å²) >= 11 is 0. The molecule has 1 fully saturated rings. The first kappa shape index (κ1) is 16.2. The molecule has 1 aromatic rings. The van der Waals surface area contributed by atoms with Gasteiger partial charge in [-0.25, -0.2) is 4.79 Å². The van der Waals surface area contributed by atoms with E-state index in [1.165, 1.54) is 24.3 Å². The molecular formula is C15H18F2N2O3. The maximum Gasteiger partial charge on any atom is 0.404 e. The van der Waals surface area contributed by atoms with Gasteiger partial charge in [0.05, 0.1) is 0 Å². The largest absolute Gasteiger partial charge is 0.465 e. The molecule has 7 heteroatoms. The van der Waals surface area contributed by atoms with Gasteiger partial charge in [-0.15, -0.1) is 0 Å². The van der Waals surface area contributed by atoms with E-state index in [1.54, 1.807) is 6.92 Å². The summed E-state index contributed by atoms with van der Waals surface area (Å²) in [7, 11) is 0. The number of hydrogen-bond donors (Lipinski definition) is 3. The van der Waals surface area contributed by atoms with E-state index in [9.17, 15) is 18.4 Å². The van der Waals surface area contributed by atoms with E-state index in [0.29, 0.717) is 19.3 Å². The van der Waals surface area contributed by atoms with Gasteiger partial charge in [0.25, 0.3) is 5.91 Å². The van der Waals surface area contributed by atoms with Crippen molar-refractivity contribution in [1.82, 2.24) is 10.6 Å². The molecule has 0 unspecified atom stereocenters. The predicted octanol–water partition coefficient (Wildman–Crippen LogP) is 2.39. The summed E-state index contributed by atoms with van der Waals surface area (Å²) in [6, 6.07) is 4.77. The number of rotatable bonds is 4. The Morgan fingerprint density at radius 3 is 2.23 bits per heavy atom. The van der Waals surface area contributed by atoms with Crippen molar-refractivity contribution in [1.29, 1.82) is 0 Å². The second-order valence-electron chi connectivity index (χ2n) is 5.57. The SMILES string of the molecule is Cc1ccc(C(F)(F)C(=O)N[C@H]2CC[C@H](NC(=O)O)C2)cc1. The highest BCUT2D eigenvalue weighted by atomic mass is 19.3. The van der Waals surface area contributed by atoms with E-state index in [4.69, 9.17) is 5.11 Å². The Morgan fingerprint density at radius 1 is 1.14 bits per heavy atom. The van der Waals surface area contributed by atoms with Crippen molar-refractivity contribution in [2.75, 3.05) is 0 Å². The summed E-state index contributed by atoms with van der Waals surface area (Å²) in [6.45, 7) is 1.77. The summed E-state index contributed by atoms with van der Waals surface area (Å²) in [6.07, 6.45) is 0.165. The highest BCUT2D eigenvalue weighted by Gasteiger charge is 2.42. The minimum absolute atomic E-state index is 0.309. The molecule has 0 saturated heterocycles. The lowest BCUT2D eigenvalue weighted by Crippen LogP contribution is -2.43. The quantitative estimate of drug-likeness (QED) is 0.799. The van der Waals surface area contributed by atoms with E-state index < -0.39 is 24.0 Å². The number of alkyl halides is 2. The topological polar surface area (TPSA) is 78.4 Å². The minimum atomic E-state index is -3.61. The molecule has 1 aliphatic rings. The summed E-state index contributed by atoms with van der Waals surface area (Å²) in [5.74, 6) is -4.95. The summed E-state index contributed by atoms with van der Waals surface area (Å²) < 4.78 is 28.2. The lowest BCUT2D eigenvalue weighted by molar-refractivity contribution is -0.147.